The third-order valence-corrected chi connectivity index (χ3v) is 5.27. The minimum atomic E-state index is -0.324. The van der Waals surface area contributed by atoms with Crippen LogP contribution in [0.1, 0.15) is 31.2 Å². The molecule has 2 N–H and O–H groups in total. The second-order valence-corrected chi connectivity index (χ2v) is 6.78. The number of benzene rings is 1. The summed E-state index contributed by atoms with van der Waals surface area (Å²) >= 11 is 4.83. The predicted molar refractivity (Wildman–Crippen MR) is 84.5 cm³/mol. The first-order valence-corrected chi connectivity index (χ1v) is 7.76. The zero-order valence-electron chi connectivity index (χ0n) is 11.8. The van der Waals surface area contributed by atoms with E-state index in [1.54, 1.807) is 12.1 Å². The van der Waals surface area contributed by atoms with Crippen LogP contribution in [0.3, 0.4) is 0 Å². The Bertz CT molecular complexity index is 531. The van der Waals surface area contributed by atoms with Gasteiger partial charge in [0.15, 0.2) is 0 Å². The molecular formula is C16H21FN2S. The smallest absolute Gasteiger partial charge is 0.135 e. The van der Waals surface area contributed by atoms with Crippen LogP contribution in [-0.2, 0) is 0 Å². The third-order valence-electron chi connectivity index (χ3n) is 5.05. The van der Waals surface area contributed by atoms with Crippen LogP contribution in [0.5, 0.6) is 0 Å². The first-order valence-electron chi connectivity index (χ1n) is 7.35. The Morgan fingerprint density at radius 3 is 2.75 bits per heavy atom. The molecule has 0 aliphatic heterocycles. The van der Waals surface area contributed by atoms with E-state index in [0.29, 0.717) is 5.56 Å². The normalized spacial score (nSPS) is 27.8. The molecule has 2 aliphatic carbocycles. The lowest BCUT2D eigenvalue weighted by molar-refractivity contribution is 0.337. The van der Waals surface area contributed by atoms with E-state index in [2.05, 4.69) is 4.90 Å². The minimum absolute atomic E-state index is 0.116. The van der Waals surface area contributed by atoms with Gasteiger partial charge < -0.3 is 10.6 Å². The third kappa shape index (κ3) is 2.53. The zero-order valence-corrected chi connectivity index (χ0v) is 12.6. The van der Waals surface area contributed by atoms with E-state index in [1.807, 2.05) is 13.1 Å². The molecule has 2 saturated carbocycles. The molecule has 0 saturated heterocycles. The van der Waals surface area contributed by atoms with Crippen molar-refractivity contribution in [3.05, 3.63) is 29.6 Å². The Labute approximate surface area is 125 Å². The molecule has 108 valence electrons. The van der Waals surface area contributed by atoms with E-state index in [4.69, 9.17) is 18.0 Å². The molecule has 2 nitrogen and oxygen atoms in total. The lowest BCUT2D eigenvalue weighted by atomic mass is 9.88. The molecule has 0 radical (unpaired) electrons. The maximum Gasteiger partial charge on any atom is 0.135 e. The molecular weight excluding hydrogens is 271 g/mol. The number of nitrogens with two attached hydrogens (primary N) is 1. The SMILES string of the molecule is CN(CC1CC2CCC1C2)c1ccc(C(N)=S)c(F)c1. The van der Waals surface area contributed by atoms with Crippen LogP contribution in [0.2, 0.25) is 0 Å². The van der Waals surface area contributed by atoms with Crippen LogP contribution in [0.4, 0.5) is 10.1 Å². The number of anilines is 1. The van der Waals surface area contributed by atoms with Gasteiger partial charge in [-0.05, 0) is 55.2 Å². The van der Waals surface area contributed by atoms with E-state index in [1.165, 1.54) is 25.7 Å². The Kier molecular flexibility index (Phi) is 3.67. The number of fused-ring (bicyclic) bond motifs is 2. The van der Waals surface area contributed by atoms with Gasteiger partial charge >= 0.3 is 0 Å². The molecule has 2 fully saturated rings. The molecule has 2 bridgehead atoms. The van der Waals surface area contributed by atoms with Gasteiger partial charge in [0.2, 0.25) is 0 Å². The summed E-state index contributed by atoms with van der Waals surface area (Å²) in [4.78, 5) is 2.28. The maximum atomic E-state index is 13.9. The highest BCUT2D eigenvalue weighted by Crippen LogP contribution is 2.48. The largest absolute Gasteiger partial charge is 0.389 e. The predicted octanol–water partition coefficient (Wildman–Crippen LogP) is 3.33. The highest BCUT2D eigenvalue weighted by Gasteiger charge is 2.39. The summed E-state index contributed by atoms with van der Waals surface area (Å²) in [5.74, 6) is 2.29. The summed E-state index contributed by atoms with van der Waals surface area (Å²) in [6.45, 7) is 1.02. The number of nitrogens with zero attached hydrogens (tertiary/aromatic N) is 1. The Balaban J connectivity index is 1.69. The molecule has 2 aliphatic rings. The van der Waals surface area contributed by atoms with Crippen molar-refractivity contribution in [1.29, 1.82) is 0 Å². The minimum Gasteiger partial charge on any atom is -0.389 e. The van der Waals surface area contributed by atoms with Crippen LogP contribution < -0.4 is 10.6 Å². The van der Waals surface area contributed by atoms with Crippen molar-refractivity contribution in [2.24, 2.45) is 23.5 Å². The number of thiocarbonyl (C=S) groups is 1. The number of rotatable bonds is 4. The average molecular weight is 292 g/mol. The van der Waals surface area contributed by atoms with Gasteiger partial charge in [-0.25, -0.2) is 4.39 Å². The van der Waals surface area contributed by atoms with Crippen molar-refractivity contribution in [2.45, 2.75) is 25.7 Å². The maximum absolute atomic E-state index is 13.9. The van der Waals surface area contributed by atoms with Gasteiger partial charge in [0.1, 0.15) is 10.8 Å². The molecule has 1 aromatic carbocycles. The van der Waals surface area contributed by atoms with Crippen LogP contribution >= 0.6 is 12.2 Å². The molecule has 0 amide bonds. The number of hydrogen-bond acceptors (Lipinski definition) is 2. The quantitative estimate of drug-likeness (QED) is 0.863. The Morgan fingerprint density at radius 2 is 2.20 bits per heavy atom. The molecule has 4 heteroatoms. The fourth-order valence-electron chi connectivity index (χ4n) is 4.00. The lowest BCUT2D eigenvalue weighted by Crippen LogP contribution is -2.28. The first kappa shape index (κ1) is 13.8. The van der Waals surface area contributed by atoms with Crippen molar-refractivity contribution >= 4 is 22.9 Å². The molecule has 1 aromatic rings. The van der Waals surface area contributed by atoms with Gasteiger partial charge in [-0.2, -0.15) is 0 Å². The molecule has 3 atom stereocenters. The van der Waals surface area contributed by atoms with Crippen molar-refractivity contribution in [3.63, 3.8) is 0 Å². The van der Waals surface area contributed by atoms with Gasteiger partial charge in [-0.1, -0.05) is 18.6 Å². The molecule has 3 unspecified atom stereocenters. The molecule has 0 heterocycles. The van der Waals surface area contributed by atoms with Gasteiger partial charge in [0, 0.05) is 24.8 Å². The van der Waals surface area contributed by atoms with Crippen molar-refractivity contribution in [3.8, 4) is 0 Å². The van der Waals surface area contributed by atoms with Crippen LogP contribution in [0.15, 0.2) is 18.2 Å². The monoisotopic (exact) mass is 292 g/mol. The van der Waals surface area contributed by atoms with Crippen molar-refractivity contribution in [2.75, 3.05) is 18.5 Å². The summed E-state index contributed by atoms with van der Waals surface area (Å²) in [5.41, 5.74) is 6.73. The topological polar surface area (TPSA) is 29.3 Å². The fraction of sp³-hybridized carbons (Fsp3) is 0.562. The van der Waals surface area contributed by atoms with E-state index >= 15 is 0 Å². The summed E-state index contributed by atoms with van der Waals surface area (Å²) in [5, 5.41) is 0. The second-order valence-electron chi connectivity index (χ2n) is 6.34. The van der Waals surface area contributed by atoms with Crippen LogP contribution in [0.25, 0.3) is 0 Å². The van der Waals surface area contributed by atoms with Gasteiger partial charge in [0.05, 0.1) is 0 Å². The van der Waals surface area contributed by atoms with Crippen LogP contribution in [-0.4, -0.2) is 18.6 Å². The lowest BCUT2D eigenvalue weighted by Gasteiger charge is -2.28. The van der Waals surface area contributed by atoms with Crippen LogP contribution in [0, 0.1) is 23.6 Å². The zero-order chi connectivity index (χ0) is 14.3. The fourth-order valence-corrected chi connectivity index (χ4v) is 4.16. The summed E-state index contributed by atoms with van der Waals surface area (Å²) in [6, 6.07) is 5.14. The van der Waals surface area contributed by atoms with E-state index in [9.17, 15) is 4.39 Å². The Morgan fingerprint density at radius 1 is 1.40 bits per heavy atom. The summed E-state index contributed by atoms with van der Waals surface area (Å²) < 4.78 is 13.9. The first-order chi connectivity index (χ1) is 9.54. The van der Waals surface area contributed by atoms with Gasteiger partial charge in [-0.3, -0.25) is 0 Å². The van der Waals surface area contributed by atoms with E-state index in [-0.39, 0.29) is 10.8 Å². The van der Waals surface area contributed by atoms with Gasteiger partial charge in [-0.15, -0.1) is 0 Å². The standard InChI is InChI=1S/C16H21FN2S/c1-19(9-12-7-10-2-3-11(12)6-10)13-4-5-14(16(18)20)15(17)8-13/h4-5,8,10-12H,2-3,6-7,9H2,1H3,(H2,18,20). The number of hydrogen-bond donors (Lipinski definition) is 1. The van der Waals surface area contributed by atoms with Crippen molar-refractivity contribution in [1.82, 2.24) is 0 Å². The number of halogens is 1. The van der Waals surface area contributed by atoms with Gasteiger partial charge in [0.25, 0.3) is 0 Å². The second kappa shape index (κ2) is 5.32. The summed E-state index contributed by atoms with van der Waals surface area (Å²) in [6.07, 6.45) is 5.57. The molecule has 3 rings (SSSR count). The Hall–Kier alpha value is -1.16. The van der Waals surface area contributed by atoms with E-state index < -0.39 is 0 Å². The summed E-state index contributed by atoms with van der Waals surface area (Å²) in [7, 11) is 2.04. The molecule has 20 heavy (non-hydrogen) atoms. The average Bonchev–Trinajstić information content (AvgIpc) is 3.00. The van der Waals surface area contributed by atoms with E-state index in [0.717, 1.165) is 30.0 Å². The van der Waals surface area contributed by atoms with Crippen molar-refractivity contribution < 1.29 is 4.39 Å². The highest BCUT2D eigenvalue weighted by molar-refractivity contribution is 7.80. The highest BCUT2D eigenvalue weighted by atomic mass is 32.1. The molecule has 0 aromatic heterocycles. The molecule has 0 spiro atoms.